The van der Waals surface area contributed by atoms with Gasteiger partial charge in [0.25, 0.3) is 0 Å². The zero-order valence-electron chi connectivity index (χ0n) is 12.3. The molecule has 21 heavy (non-hydrogen) atoms. The van der Waals surface area contributed by atoms with Crippen molar-refractivity contribution in [2.24, 2.45) is 0 Å². The quantitative estimate of drug-likeness (QED) is 0.740. The van der Waals surface area contributed by atoms with Gasteiger partial charge in [0.2, 0.25) is 0 Å². The van der Waals surface area contributed by atoms with Gasteiger partial charge in [-0.3, -0.25) is 4.98 Å². The molecule has 0 fully saturated rings. The van der Waals surface area contributed by atoms with Crippen LogP contribution in [0.4, 0.5) is 5.69 Å². The second kappa shape index (κ2) is 6.41. The third-order valence-corrected chi connectivity index (χ3v) is 4.60. The van der Waals surface area contributed by atoms with Crippen molar-refractivity contribution in [1.29, 1.82) is 0 Å². The van der Waals surface area contributed by atoms with E-state index in [1.807, 2.05) is 12.1 Å². The number of aryl methyl sites for hydroxylation is 1. The molecule has 0 atom stereocenters. The van der Waals surface area contributed by atoms with E-state index in [9.17, 15) is 0 Å². The lowest BCUT2D eigenvalue weighted by Gasteiger charge is -2.18. The molecule has 0 bridgehead atoms. The first-order valence-electron chi connectivity index (χ1n) is 7.75. The number of pyridine rings is 1. The first-order valence-corrected chi connectivity index (χ1v) is 8.50. The van der Waals surface area contributed by atoms with Crippen LogP contribution in [0, 0.1) is 0 Å². The normalized spacial score (nSPS) is 14.8. The third-order valence-electron chi connectivity index (χ3n) is 4.08. The van der Waals surface area contributed by atoms with Crippen molar-refractivity contribution in [3.05, 3.63) is 33.4 Å². The van der Waals surface area contributed by atoms with Crippen molar-refractivity contribution in [2.75, 3.05) is 11.9 Å². The average Bonchev–Trinajstić information content (AvgIpc) is 2.68. The lowest BCUT2D eigenvalue weighted by atomic mass is 10.0. The summed E-state index contributed by atoms with van der Waals surface area (Å²) in [6, 6.07) is 3.73. The lowest BCUT2D eigenvalue weighted by molar-refractivity contribution is 0.709. The molecule has 0 unspecified atom stereocenters. The predicted octanol–water partition coefficient (Wildman–Crippen LogP) is 5.63. The maximum atomic E-state index is 6.47. The second-order valence-electron chi connectivity index (χ2n) is 5.68. The molecule has 1 heterocycles. The van der Waals surface area contributed by atoms with Gasteiger partial charge in [0.05, 0.1) is 16.2 Å². The van der Waals surface area contributed by atoms with Gasteiger partial charge in [-0.1, -0.05) is 36.5 Å². The molecule has 1 aromatic carbocycles. The van der Waals surface area contributed by atoms with Crippen molar-refractivity contribution >= 4 is 39.8 Å². The van der Waals surface area contributed by atoms with E-state index in [0.29, 0.717) is 10.0 Å². The highest BCUT2D eigenvalue weighted by molar-refractivity contribution is 6.39. The van der Waals surface area contributed by atoms with Gasteiger partial charge in [-0.25, -0.2) is 0 Å². The first-order chi connectivity index (χ1) is 10.2. The number of rotatable bonds is 3. The summed E-state index contributed by atoms with van der Waals surface area (Å²) in [5, 5.41) is 5.95. The molecule has 2 aromatic rings. The number of hydrogen-bond acceptors (Lipinski definition) is 2. The van der Waals surface area contributed by atoms with Crippen LogP contribution in [0.2, 0.25) is 10.0 Å². The van der Waals surface area contributed by atoms with E-state index >= 15 is 0 Å². The van der Waals surface area contributed by atoms with Crippen LogP contribution in [-0.2, 0) is 12.8 Å². The molecule has 1 aliphatic rings. The molecule has 1 aliphatic carbocycles. The maximum absolute atomic E-state index is 6.47. The molecule has 4 heteroatoms. The van der Waals surface area contributed by atoms with Gasteiger partial charge < -0.3 is 5.32 Å². The number of anilines is 1. The van der Waals surface area contributed by atoms with E-state index < -0.39 is 0 Å². The number of nitrogens with one attached hydrogen (secondary N) is 1. The molecule has 1 aromatic heterocycles. The molecule has 1 N–H and O–H groups in total. The van der Waals surface area contributed by atoms with Gasteiger partial charge in [0, 0.05) is 22.6 Å². The fraction of sp³-hybridized carbons (Fsp3) is 0.471. The Morgan fingerprint density at radius 2 is 1.95 bits per heavy atom. The number of hydrogen-bond donors (Lipinski definition) is 1. The summed E-state index contributed by atoms with van der Waals surface area (Å²) in [4.78, 5) is 4.86. The SMILES string of the molecule is CCCNc1c2c(nc3cc(Cl)cc(Cl)c13)CCCCC2. The van der Waals surface area contributed by atoms with Gasteiger partial charge in [-0.2, -0.15) is 0 Å². The van der Waals surface area contributed by atoms with Crippen LogP contribution in [0.25, 0.3) is 10.9 Å². The Morgan fingerprint density at radius 1 is 1.14 bits per heavy atom. The summed E-state index contributed by atoms with van der Waals surface area (Å²) in [5.41, 5.74) is 4.67. The van der Waals surface area contributed by atoms with Gasteiger partial charge >= 0.3 is 0 Å². The molecule has 3 rings (SSSR count). The number of halogens is 2. The van der Waals surface area contributed by atoms with Crippen LogP contribution in [0.15, 0.2) is 12.1 Å². The Bertz CT molecular complexity index is 668. The van der Waals surface area contributed by atoms with Crippen LogP contribution < -0.4 is 5.32 Å². The fourth-order valence-corrected chi connectivity index (χ4v) is 3.67. The monoisotopic (exact) mass is 322 g/mol. The molecular weight excluding hydrogens is 303 g/mol. The smallest absolute Gasteiger partial charge is 0.0756 e. The van der Waals surface area contributed by atoms with Gasteiger partial charge in [0.15, 0.2) is 0 Å². The van der Waals surface area contributed by atoms with E-state index in [4.69, 9.17) is 28.2 Å². The number of fused-ring (bicyclic) bond motifs is 2. The maximum Gasteiger partial charge on any atom is 0.0756 e. The van der Waals surface area contributed by atoms with Crippen LogP contribution in [0.3, 0.4) is 0 Å². The fourth-order valence-electron chi connectivity index (χ4n) is 3.10. The highest BCUT2D eigenvalue weighted by Gasteiger charge is 2.19. The molecule has 0 saturated heterocycles. The molecule has 0 radical (unpaired) electrons. The van der Waals surface area contributed by atoms with Gasteiger partial charge in [-0.05, 0) is 49.8 Å². The van der Waals surface area contributed by atoms with Crippen LogP contribution in [0.5, 0.6) is 0 Å². The Hall–Kier alpha value is -0.990. The van der Waals surface area contributed by atoms with Crippen molar-refractivity contribution < 1.29 is 0 Å². The van der Waals surface area contributed by atoms with E-state index in [2.05, 4.69) is 12.2 Å². The number of aromatic nitrogens is 1. The highest BCUT2D eigenvalue weighted by atomic mass is 35.5. The molecule has 0 saturated carbocycles. The molecular formula is C17H20Cl2N2. The van der Waals surface area contributed by atoms with Crippen molar-refractivity contribution in [2.45, 2.75) is 45.4 Å². The standard InChI is InChI=1S/C17H20Cl2N2/c1-2-8-20-17-12-6-4-3-5-7-14(12)21-15-10-11(18)9-13(19)16(15)17/h9-10H,2-8H2,1H3,(H,20,21). The van der Waals surface area contributed by atoms with E-state index in [1.54, 1.807) is 0 Å². The van der Waals surface area contributed by atoms with Crippen LogP contribution >= 0.6 is 23.2 Å². The topological polar surface area (TPSA) is 24.9 Å². The Balaban J connectivity index is 2.26. The van der Waals surface area contributed by atoms with Crippen molar-refractivity contribution in [1.82, 2.24) is 4.98 Å². The van der Waals surface area contributed by atoms with Crippen molar-refractivity contribution in [3.63, 3.8) is 0 Å². The average molecular weight is 323 g/mol. The minimum absolute atomic E-state index is 0.648. The van der Waals surface area contributed by atoms with E-state index in [1.165, 1.54) is 36.2 Å². The number of benzene rings is 1. The Morgan fingerprint density at radius 3 is 2.76 bits per heavy atom. The molecule has 112 valence electrons. The van der Waals surface area contributed by atoms with Crippen LogP contribution in [-0.4, -0.2) is 11.5 Å². The van der Waals surface area contributed by atoms with E-state index in [-0.39, 0.29) is 0 Å². The van der Waals surface area contributed by atoms with Crippen molar-refractivity contribution in [3.8, 4) is 0 Å². The van der Waals surface area contributed by atoms with Crippen LogP contribution in [0.1, 0.15) is 43.9 Å². The minimum Gasteiger partial charge on any atom is -0.384 e. The van der Waals surface area contributed by atoms with E-state index in [0.717, 1.165) is 36.7 Å². The minimum atomic E-state index is 0.648. The molecule has 2 nitrogen and oxygen atoms in total. The predicted molar refractivity (Wildman–Crippen MR) is 91.8 cm³/mol. The third kappa shape index (κ3) is 2.97. The molecule has 0 spiro atoms. The summed E-state index contributed by atoms with van der Waals surface area (Å²) in [6.07, 6.45) is 6.94. The highest BCUT2D eigenvalue weighted by Crippen LogP contribution is 2.38. The van der Waals surface area contributed by atoms with Gasteiger partial charge in [0.1, 0.15) is 0 Å². The first kappa shape index (κ1) is 14.9. The largest absolute Gasteiger partial charge is 0.384 e. The zero-order valence-corrected chi connectivity index (χ0v) is 13.8. The summed E-state index contributed by atoms with van der Waals surface area (Å²) in [7, 11) is 0. The second-order valence-corrected chi connectivity index (χ2v) is 6.52. The summed E-state index contributed by atoms with van der Waals surface area (Å²) >= 11 is 12.6. The molecule has 0 amide bonds. The van der Waals surface area contributed by atoms with Gasteiger partial charge in [-0.15, -0.1) is 0 Å². The lowest BCUT2D eigenvalue weighted by Crippen LogP contribution is -2.08. The summed E-state index contributed by atoms with van der Waals surface area (Å²) < 4.78 is 0. The Labute approximate surface area is 135 Å². The molecule has 0 aliphatic heterocycles. The summed E-state index contributed by atoms with van der Waals surface area (Å²) in [5.74, 6) is 0. The zero-order chi connectivity index (χ0) is 14.8. The summed E-state index contributed by atoms with van der Waals surface area (Å²) in [6.45, 7) is 3.12. The number of nitrogens with zero attached hydrogens (tertiary/aromatic N) is 1. The Kier molecular flexibility index (Phi) is 4.56.